The minimum Gasteiger partial charge on any atom is -0.483 e. The van der Waals surface area contributed by atoms with Crippen LogP contribution in [0.2, 0.25) is 0 Å². The van der Waals surface area contributed by atoms with E-state index in [0.717, 1.165) is 22.4 Å². The molecule has 0 spiro atoms. The summed E-state index contributed by atoms with van der Waals surface area (Å²) in [6, 6.07) is 15.7. The average Bonchev–Trinajstić information content (AvgIpc) is 2.42. The monoisotopic (exact) mass is 252 g/mol. The molecule has 0 saturated carbocycles. The molecule has 0 aromatic heterocycles. The third-order valence-electron chi connectivity index (χ3n) is 3.35. The van der Waals surface area contributed by atoms with E-state index in [-0.39, 0.29) is 6.10 Å². The van der Waals surface area contributed by atoms with Crippen molar-refractivity contribution in [2.45, 2.75) is 19.1 Å². The molecule has 0 aliphatic heterocycles. The van der Waals surface area contributed by atoms with Gasteiger partial charge in [-0.15, -0.1) is 0 Å². The summed E-state index contributed by atoms with van der Waals surface area (Å²) in [7, 11) is 0. The molecule has 19 heavy (non-hydrogen) atoms. The number of rotatable bonds is 2. The van der Waals surface area contributed by atoms with E-state index in [1.54, 1.807) is 0 Å². The van der Waals surface area contributed by atoms with Crippen LogP contribution in [0.15, 0.2) is 54.6 Å². The molecule has 3 rings (SSSR count). The Morgan fingerprint density at radius 3 is 2.74 bits per heavy atom. The summed E-state index contributed by atoms with van der Waals surface area (Å²) in [4.78, 5) is 0. The molecule has 0 saturated heterocycles. The quantitative estimate of drug-likeness (QED) is 0.886. The van der Waals surface area contributed by atoms with Gasteiger partial charge in [0.25, 0.3) is 0 Å². The Balaban J connectivity index is 1.85. The fraction of sp³-hybridized carbons (Fsp3) is 0.176. The predicted octanol–water partition coefficient (Wildman–Crippen LogP) is 3.50. The van der Waals surface area contributed by atoms with Crippen LogP contribution in [-0.4, -0.2) is 11.2 Å². The van der Waals surface area contributed by atoms with E-state index >= 15 is 0 Å². The first kappa shape index (κ1) is 12.0. The summed E-state index contributed by atoms with van der Waals surface area (Å²) in [6.45, 7) is 2.02. The molecule has 0 heterocycles. The number of aliphatic hydroxyl groups is 1. The maximum Gasteiger partial charge on any atom is 0.147 e. The highest BCUT2D eigenvalue weighted by atomic mass is 16.5. The number of hydrogen-bond donors (Lipinski definition) is 1. The Morgan fingerprint density at radius 2 is 1.89 bits per heavy atom. The lowest BCUT2D eigenvalue weighted by Crippen LogP contribution is -2.25. The normalized spacial score (nSPS) is 20.9. The van der Waals surface area contributed by atoms with Crippen molar-refractivity contribution in [3.63, 3.8) is 0 Å². The van der Waals surface area contributed by atoms with Gasteiger partial charge < -0.3 is 9.84 Å². The molecule has 2 aromatic carbocycles. The zero-order chi connectivity index (χ0) is 13.2. The smallest absolute Gasteiger partial charge is 0.147 e. The first-order valence-corrected chi connectivity index (χ1v) is 6.42. The molecule has 2 aromatic rings. The zero-order valence-corrected chi connectivity index (χ0v) is 10.8. The third-order valence-corrected chi connectivity index (χ3v) is 3.35. The van der Waals surface area contributed by atoms with Gasteiger partial charge in [-0.1, -0.05) is 42.5 Å². The first-order chi connectivity index (χ1) is 9.24. The lowest BCUT2D eigenvalue weighted by atomic mass is 9.93. The van der Waals surface area contributed by atoms with E-state index in [1.807, 2.05) is 67.6 Å². The van der Waals surface area contributed by atoms with Crippen LogP contribution < -0.4 is 4.74 Å². The van der Waals surface area contributed by atoms with Crippen LogP contribution >= 0.6 is 0 Å². The Hall–Kier alpha value is -2.06. The minimum absolute atomic E-state index is 0.336. The molecular weight excluding hydrogens is 236 g/mol. The lowest BCUT2D eigenvalue weighted by molar-refractivity contribution is 0.0623. The summed E-state index contributed by atoms with van der Waals surface area (Å²) >= 11 is 0. The SMILES string of the molecule is Cc1cccc(O[C@@H]2C=Cc3ccccc3[C@@H]2O)c1. The standard InChI is InChI=1S/C17H16O2/c1-12-5-4-7-14(11-12)19-16-10-9-13-6-2-3-8-15(13)17(16)18/h2-11,16-18H,1H3/t16-,17+/m1/s1. The fourth-order valence-corrected chi connectivity index (χ4v) is 2.36. The van der Waals surface area contributed by atoms with Crippen LogP contribution in [0.3, 0.4) is 0 Å². The fourth-order valence-electron chi connectivity index (χ4n) is 2.36. The van der Waals surface area contributed by atoms with Crippen molar-refractivity contribution < 1.29 is 9.84 Å². The van der Waals surface area contributed by atoms with Gasteiger partial charge in [-0.25, -0.2) is 0 Å². The summed E-state index contributed by atoms with van der Waals surface area (Å²) in [5.41, 5.74) is 3.12. The molecule has 1 aliphatic rings. The van der Waals surface area contributed by atoms with Crippen molar-refractivity contribution in [3.05, 3.63) is 71.3 Å². The van der Waals surface area contributed by atoms with Crippen molar-refractivity contribution in [1.29, 1.82) is 0 Å². The molecule has 0 unspecified atom stereocenters. The summed E-state index contributed by atoms with van der Waals surface area (Å²) in [5.74, 6) is 0.785. The van der Waals surface area contributed by atoms with Crippen molar-refractivity contribution in [1.82, 2.24) is 0 Å². The highest BCUT2D eigenvalue weighted by Gasteiger charge is 2.25. The van der Waals surface area contributed by atoms with Crippen molar-refractivity contribution in [2.24, 2.45) is 0 Å². The van der Waals surface area contributed by atoms with Crippen LogP contribution in [0.4, 0.5) is 0 Å². The number of hydrogen-bond acceptors (Lipinski definition) is 2. The van der Waals surface area contributed by atoms with Crippen molar-refractivity contribution >= 4 is 6.08 Å². The van der Waals surface area contributed by atoms with Gasteiger partial charge in [0.1, 0.15) is 18.0 Å². The Labute approximate surface area is 113 Å². The maximum absolute atomic E-state index is 10.4. The zero-order valence-electron chi connectivity index (χ0n) is 10.8. The second kappa shape index (κ2) is 4.90. The average molecular weight is 252 g/mol. The second-order valence-corrected chi connectivity index (χ2v) is 4.83. The van der Waals surface area contributed by atoms with Gasteiger partial charge in [-0.3, -0.25) is 0 Å². The molecule has 96 valence electrons. The molecule has 2 nitrogen and oxygen atoms in total. The van der Waals surface area contributed by atoms with E-state index in [2.05, 4.69) is 0 Å². The Morgan fingerprint density at radius 1 is 1.05 bits per heavy atom. The number of aryl methyl sites for hydroxylation is 1. The highest BCUT2D eigenvalue weighted by molar-refractivity contribution is 5.58. The van der Waals surface area contributed by atoms with Gasteiger partial charge >= 0.3 is 0 Å². The largest absolute Gasteiger partial charge is 0.483 e. The molecule has 0 amide bonds. The Kier molecular flexibility index (Phi) is 3.10. The minimum atomic E-state index is -0.623. The van der Waals surface area contributed by atoms with Gasteiger partial charge in [0.15, 0.2) is 0 Å². The Bertz CT molecular complexity index is 616. The van der Waals surface area contributed by atoms with Gasteiger partial charge in [-0.05, 0) is 41.8 Å². The van der Waals surface area contributed by atoms with Crippen LogP contribution in [0.1, 0.15) is 22.8 Å². The van der Waals surface area contributed by atoms with Gasteiger partial charge in [0.05, 0.1) is 0 Å². The molecule has 0 radical (unpaired) electrons. The highest BCUT2D eigenvalue weighted by Crippen LogP contribution is 2.30. The third kappa shape index (κ3) is 2.40. The summed E-state index contributed by atoms with van der Waals surface area (Å²) < 4.78 is 5.87. The number of ether oxygens (including phenoxy) is 1. The predicted molar refractivity (Wildman–Crippen MR) is 76.0 cm³/mol. The summed E-state index contributed by atoms with van der Waals surface area (Å²) in [5, 5.41) is 10.4. The number of fused-ring (bicyclic) bond motifs is 1. The summed E-state index contributed by atoms with van der Waals surface area (Å²) in [6.07, 6.45) is 2.95. The number of aliphatic hydroxyl groups excluding tert-OH is 1. The van der Waals surface area contributed by atoms with Crippen LogP contribution in [-0.2, 0) is 0 Å². The maximum atomic E-state index is 10.4. The molecular formula is C17H16O2. The van der Waals surface area contributed by atoms with E-state index < -0.39 is 6.10 Å². The van der Waals surface area contributed by atoms with Gasteiger partial charge in [-0.2, -0.15) is 0 Å². The van der Waals surface area contributed by atoms with Crippen molar-refractivity contribution in [2.75, 3.05) is 0 Å². The van der Waals surface area contributed by atoms with E-state index in [9.17, 15) is 5.11 Å². The van der Waals surface area contributed by atoms with Crippen LogP contribution in [0.25, 0.3) is 6.08 Å². The van der Waals surface area contributed by atoms with Gasteiger partial charge in [0.2, 0.25) is 0 Å². The van der Waals surface area contributed by atoms with E-state index in [0.29, 0.717) is 0 Å². The topological polar surface area (TPSA) is 29.5 Å². The van der Waals surface area contributed by atoms with E-state index in [4.69, 9.17) is 4.74 Å². The second-order valence-electron chi connectivity index (χ2n) is 4.83. The molecule has 2 heteroatoms. The van der Waals surface area contributed by atoms with Crippen molar-refractivity contribution in [3.8, 4) is 5.75 Å². The molecule has 2 atom stereocenters. The van der Waals surface area contributed by atoms with E-state index in [1.165, 1.54) is 0 Å². The molecule has 0 bridgehead atoms. The molecule has 1 N–H and O–H groups in total. The first-order valence-electron chi connectivity index (χ1n) is 6.42. The van der Waals surface area contributed by atoms with Crippen LogP contribution in [0.5, 0.6) is 5.75 Å². The number of benzene rings is 2. The van der Waals surface area contributed by atoms with Gasteiger partial charge in [0, 0.05) is 0 Å². The lowest BCUT2D eigenvalue weighted by Gasteiger charge is -2.26. The molecule has 1 aliphatic carbocycles. The van der Waals surface area contributed by atoms with Crippen LogP contribution in [0, 0.1) is 6.92 Å². The molecule has 0 fully saturated rings.